The molecule has 1 nitrogen and oxygen atoms in total. The Morgan fingerprint density at radius 1 is 1.05 bits per heavy atom. The van der Waals surface area contributed by atoms with Gasteiger partial charge in [-0.2, -0.15) is 0 Å². The van der Waals surface area contributed by atoms with Gasteiger partial charge in [0.25, 0.3) is 0 Å². The van der Waals surface area contributed by atoms with Gasteiger partial charge in [-0.15, -0.1) is 11.8 Å². The molecule has 1 aliphatic rings. The SMILES string of the molecule is CC1(C)C(=Nc2ccccc2)SC1c1cccc(Cl)c1. The maximum atomic E-state index is 6.09. The van der Waals surface area contributed by atoms with Gasteiger partial charge in [0, 0.05) is 15.7 Å². The number of thioether (sulfide) groups is 1. The Labute approximate surface area is 129 Å². The van der Waals surface area contributed by atoms with Crippen LogP contribution in [-0.4, -0.2) is 5.04 Å². The summed E-state index contributed by atoms with van der Waals surface area (Å²) in [7, 11) is 0. The van der Waals surface area contributed by atoms with Crippen LogP contribution in [0.5, 0.6) is 0 Å². The van der Waals surface area contributed by atoms with Gasteiger partial charge in [-0.25, -0.2) is 4.99 Å². The first-order chi connectivity index (χ1) is 9.57. The number of halogens is 1. The highest BCUT2D eigenvalue weighted by molar-refractivity contribution is 8.16. The van der Waals surface area contributed by atoms with Crippen molar-refractivity contribution in [1.29, 1.82) is 0 Å². The Bertz CT molecular complexity index is 649. The molecule has 2 aromatic rings. The first kappa shape index (κ1) is 13.7. The van der Waals surface area contributed by atoms with Crippen LogP contribution in [0, 0.1) is 5.41 Å². The van der Waals surface area contributed by atoms with E-state index in [0.717, 1.165) is 10.7 Å². The average Bonchev–Trinajstić information content (AvgIpc) is 2.44. The lowest BCUT2D eigenvalue weighted by Gasteiger charge is -2.45. The van der Waals surface area contributed by atoms with Crippen molar-refractivity contribution in [2.45, 2.75) is 19.1 Å². The van der Waals surface area contributed by atoms with Crippen molar-refractivity contribution in [2.75, 3.05) is 0 Å². The summed E-state index contributed by atoms with van der Waals surface area (Å²) in [5.41, 5.74) is 2.36. The highest BCUT2D eigenvalue weighted by Gasteiger charge is 2.47. The number of benzene rings is 2. The minimum atomic E-state index is 0.0607. The van der Waals surface area contributed by atoms with Crippen LogP contribution in [0.25, 0.3) is 0 Å². The second-order valence-corrected chi connectivity index (χ2v) is 7.06. The molecule has 0 aliphatic carbocycles. The quantitative estimate of drug-likeness (QED) is 0.674. The van der Waals surface area contributed by atoms with E-state index in [2.05, 4.69) is 26.0 Å². The van der Waals surface area contributed by atoms with Crippen molar-refractivity contribution in [3.8, 4) is 0 Å². The van der Waals surface area contributed by atoms with E-state index in [1.54, 1.807) is 0 Å². The maximum Gasteiger partial charge on any atom is 0.0815 e. The summed E-state index contributed by atoms with van der Waals surface area (Å²) in [5.74, 6) is 0. The number of hydrogen-bond acceptors (Lipinski definition) is 2. The third-order valence-corrected chi connectivity index (χ3v) is 5.75. The number of para-hydroxylation sites is 1. The lowest BCUT2D eigenvalue weighted by Crippen LogP contribution is -2.38. The van der Waals surface area contributed by atoms with Gasteiger partial charge in [-0.1, -0.05) is 55.8 Å². The van der Waals surface area contributed by atoms with Crippen LogP contribution in [0.15, 0.2) is 59.6 Å². The van der Waals surface area contributed by atoms with E-state index in [4.69, 9.17) is 16.6 Å². The highest BCUT2D eigenvalue weighted by Crippen LogP contribution is 2.58. The summed E-state index contributed by atoms with van der Waals surface area (Å²) < 4.78 is 0. The Morgan fingerprint density at radius 3 is 2.45 bits per heavy atom. The molecule has 1 aliphatic heterocycles. The van der Waals surface area contributed by atoms with Crippen LogP contribution < -0.4 is 0 Å². The van der Waals surface area contributed by atoms with Crippen molar-refractivity contribution in [1.82, 2.24) is 0 Å². The van der Waals surface area contributed by atoms with Crippen LogP contribution in [0.3, 0.4) is 0 Å². The first-order valence-corrected chi connectivity index (χ1v) is 7.89. The van der Waals surface area contributed by atoms with Crippen molar-refractivity contribution in [3.63, 3.8) is 0 Å². The zero-order valence-electron chi connectivity index (χ0n) is 11.5. The van der Waals surface area contributed by atoms with E-state index >= 15 is 0 Å². The summed E-state index contributed by atoms with van der Waals surface area (Å²) in [5, 5.41) is 2.41. The van der Waals surface area contributed by atoms with Crippen molar-refractivity contribution in [2.24, 2.45) is 10.4 Å². The normalized spacial score (nSPS) is 22.6. The van der Waals surface area contributed by atoms with E-state index in [0.29, 0.717) is 5.25 Å². The summed E-state index contributed by atoms with van der Waals surface area (Å²) in [6.45, 7) is 4.49. The van der Waals surface area contributed by atoms with Crippen LogP contribution in [0.4, 0.5) is 5.69 Å². The lowest BCUT2D eigenvalue weighted by molar-refractivity contribution is 0.497. The molecule has 3 heteroatoms. The smallest absolute Gasteiger partial charge is 0.0815 e. The molecule has 102 valence electrons. The summed E-state index contributed by atoms with van der Waals surface area (Å²) in [4.78, 5) is 4.76. The van der Waals surface area contributed by atoms with Crippen LogP contribution in [0.1, 0.15) is 24.7 Å². The van der Waals surface area contributed by atoms with E-state index < -0.39 is 0 Å². The number of hydrogen-bond donors (Lipinski definition) is 0. The van der Waals surface area contributed by atoms with E-state index in [-0.39, 0.29) is 5.41 Å². The van der Waals surface area contributed by atoms with Gasteiger partial charge >= 0.3 is 0 Å². The molecule has 1 atom stereocenters. The molecule has 0 saturated carbocycles. The van der Waals surface area contributed by atoms with Crippen LogP contribution >= 0.6 is 23.4 Å². The van der Waals surface area contributed by atoms with Gasteiger partial charge in [0.1, 0.15) is 0 Å². The van der Waals surface area contributed by atoms with Gasteiger partial charge < -0.3 is 0 Å². The van der Waals surface area contributed by atoms with Crippen molar-refractivity contribution >= 4 is 34.1 Å². The predicted octanol–water partition coefficient (Wildman–Crippen LogP) is 5.88. The Kier molecular flexibility index (Phi) is 3.61. The molecule has 1 fully saturated rings. The largest absolute Gasteiger partial charge is 0.246 e. The number of aliphatic imine (C=N–C) groups is 1. The Hall–Kier alpha value is -1.25. The average molecular weight is 302 g/mol. The number of rotatable bonds is 2. The Morgan fingerprint density at radius 2 is 1.80 bits per heavy atom. The van der Waals surface area contributed by atoms with Gasteiger partial charge in [-0.05, 0) is 29.8 Å². The molecule has 1 saturated heterocycles. The minimum Gasteiger partial charge on any atom is -0.246 e. The lowest BCUT2D eigenvalue weighted by atomic mass is 9.84. The summed E-state index contributed by atoms with van der Waals surface area (Å²) >= 11 is 7.92. The first-order valence-electron chi connectivity index (χ1n) is 6.64. The second kappa shape index (κ2) is 5.27. The predicted molar refractivity (Wildman–Crippen MR) is 89.1 cm³/mol. The van der Waals surface area contributed by atoms with Crippen LogP contribution in [-0.2, 0) is 0 Å². The van der Waals surface area contributed by atoms with Gasteiger partial charge in [0.15, 0.2) is 0 Å². The highest BCUT2D eigenvalue weighted by atomic mass is 35.5. The monoisotopic (exact) mass is 301 g/mol. The minimum absolute atomic E-state index is 0.0607. The molecular formula is C17H16ClNS. The third-order valence-electron chi connectivity index (χ3n) is 3.57. The Balaban J connectivity index is 1.86. The van der Waals surface area contributed by atoms with Gasteiger partial charge in [-0.3, -0.25) is 0 Å². The second-order valence-electron chi connectivity index (χ2n) is 5.53. The molecule has 0 bridgehead atoms. The van der Waals surface area contributed by atoms with E-state index in [9.17, 15) is 0 Å². The molecule has 0 N–H and O–H groups in total. The zero-order chi connectivity index (χ0) is 14.2. The molecule has 0 aromatic heterocycles. The molecule has 1 unspecified atom stereocenters. The molecular weight excluding hydrogens is 286 g/mol. The van der Waals surface area contributed by atoms with E-state index in [1.807, 2.05) is 54.2 Å². The zero-order valence-corrected chi connectivity index (χ0v) is 13.1. The molecule has 0 radical (unpaired) electrons. The number of nitrogens with zero attached hydrogens (tertiary/aromatic N) is 1. The van der Waals surface area contributed by atoms with Gasteiger partial charge in [0.2, 0.25) is 0 Å². The molecule has 3 rings (SSSR count). The third kappa shape index (κ3) is 2.50. The fraction of sp³-hybridized carbons (Fsp3) is 0.235. The maximum absolute atomic E-state index is 6.09. The molecule has 0 amide bonds. The van der Waals surface area contributed by atoms with Crippen molar-refractivity contribution in [3.05, 3.63) is 65.2 Å². The van der Waals surface area contributed by atoms with Crippen LogP contribution in [0.2, 0.25) is 5.02 Å². The summed E-state index contributed by atoms with van der Waals surface area (Å²) in [6.07, 6.45) is 0. The topological polar surface area (TPSA) is 12.4 Å². The standard InChI is InChI=1S/C17H16ClNS/c1-17(2)15(12-7-6-8-13(18)11-12)20-16(17)19-14-9-4-3-5-10-14/h3-11,15H,1-2H3. The fourth-order valence-electron chi connectivity index (χ4n) is 2.41. The van der Waals surface area contributed by atoms with E-state index in [1.165, 1.54) is 10.6 Å². The van der Waals surface area contributed by atoms with Crippen molar-refractivity contribution < 1.29 is 0 Å². The fourth-order valence-corrected chi connectivity index (χ4v) is 3.91. The molecule has 2 aromatic carbocycles. The summed E-state index contributed by atoms with van der Waals surface area (Å²) in [6, 6.07) is 18.3. The van der Waals surface area contributed by atoms with Gasteiger partial charge in [0.05, 0.1) is 10.7 Å². The molecule has 20 heavy (non-hydrogen) atoms. The molecule has 1 heterocycles. The molecule has 0 spiro atoms.